The van der Waals surface area contributed by atoms with Gasteiger partial charge in [-0.05, 0) is 43.7 Å². The van der Waals surface area contributed by atoms with E-state index in [1.54, 1.807) is 0 Å². The minimum Gasteiger partial charge on any atom is -0.352 e. The molecule has 1 amide bonds. The highest BCUT2D eigenvalue weighted by molar-refractivity contribution is 9.10. The number of carbonyl (C=O) groups is 1. The number of amides is 1. The maximum atomic E-state index is 12.1. The van der Waals surface area contributed by atoms with Crippen LogP contribution in [0.25, 0.3) is 0 Å². The molecule has 0 radical (unpaired) electrons. The minimum absolute atomic E-state index is 0.0345. The van der Waals surface area contributed by atoms with Crippen molar-refractivity contribution < 1.29 is 9.00 Å². The van der Waals surface area contributed by atoms with Gasteiger partial charge in [0, 0.05) is 34.6 Å². The normalized spacial score (nSPS) is 16.0. The van der Waals surface area contributed by atoms with Crippen LogP contribution in [-0.2, 0) is 15.6 Å². The minimum atomic E-state index is -1.04. The summed E-state index contributed by atoms with van der Waals surface area (Å²) < 4.78 is 13.1. The molecule has 120 valence electrons. The fourth-order valence-electron chi connectivity index (χ4n) is 2.20. The Bertz CT molecular complexity index is 558. The second-order valence-corrected chi connectivity index (χ2v) is 7.69. The molecule has 2 N–H and O–H groups in total. The number of rotatable bonds is 7. The highest BCUT2D eigenvalue weighted by Crippen LogP contribution is 2.14. The third kappa shape index (κ3) is 6.02. The second-order valence-electron chi connectivity index (χ2n) is 5.20. The van der Waals surface area contributed by atoms with E-state index in [0.29, 0.717) is 25.1 Å². The fraction of sp³-hybridized carbons (Fsp3) is 0.438. The summed E-state index contributed by atoms with van der Waals surface area (Å²) in [5.41, 5.74) is 1.28. The number of carbonyl (C=O) groups excluding carboxylic acids is 1. The van der Waals surface area contributed by atoms with E-state index in [0.717, 1.165) is 28.9 Å². The summed E-state index contributed by atoms with van der Waals surface area (Å²) in [4.78, 5) is 12.6. The SMILES string of the molecule is O=C(CCCS(=O)c1ccc(Br)cc1)NCC1=CCNCC1. The fourth-order valence-corrected chi connectivity index (χ4v) is 3.54. The molecular weight excluding hydrogens is 364 g/mol. The zero-order chi connectivity index (χ0) is 15.8. The molecule has 0 saturated carbocycles. The van der Waals surface area contributed by atoms with Crippen molar-refractivity contribution in [2.75, 3.05) is 25.4 Å². The second kappa shape index (κ2) is 9.22. The molecular formula is C16H21BrN2O2S. The Balaban J connectivity index is 1.65. The van der Waals surface area contributed by atoms with Crippen LogP contribution in [0.5, 0.6) is 0 Å². The third-order valence-corrected chi connectivity index (χ3v) is 5.47. The Morgan fingerprint density at radius 1 is 1.32 bits per heavy atom. The summed E-state index contributed by atoms with van der Waals surface area (Å²) in [6.07, 6.45) is 4.18. The highest BCUT2D eigenvalue weighted by atomic mass is 79.9. The number of nitrogens with one attached hydrogen (secondary N) is 2. The predicted molar refractivity (Wildman–Crippen MR) is 93.2 cm³/mol. The molecule has 0 aliphatic carbocycles. The number of hydrogen-bond acceptors (Lipinski definition) is 3. The molecule has 6 heteroatoms. The van der Waals surface area contributed by atoms with E-state index in [1.165, 1.54) is 5.57 Å². The van der Waals surface area contributed by atoms with Crippen molar-refractivity contribution in [2.24, 2.45) is 0 Å². The van der Waals surface area contributed by atoms with Crippen LogP contribution in [0, 0.1) is 0 Å². The van der Waals surface area contributed by atoms with E-state index < -0.39 is 10.8 Å². The maximum Gasteiger partial charge on any atom is 0.220 e. The van der Waals surface area contributed by atoms with Crippen LogP contribution in [0.15, 0.2) is 45.3 Å². The lowest BCUT2D eigenvalue weighted by atomic mass is 10.1. The van der Waals surface area contributed by atoms with E-state index in [2.05, 4.69) is 32.6 Å². The Labute approximate surface area is 142 Å². The van der Waals surface area contributed by atoms with Gasteiger partial charge in [-0.15, -0.1) is 0 Å². The highest BCUT2D eigenvalue weighted by Gasteiger charge is 2.08. The van der Waals surface area contributed by atoms with E-state index in [-0.39, 0.29) is 5.91 Å². The lowest BCUT2D eigenvalue weighted by Crippen LogP contribution is -2.29. The molecule has 1 aromatic rings. The first kappa shape index (κ1) is 17.4. The summed E-state index contributed by atoms with van der Waals surface area (Å²) in [5, 5.41) is 6.18. The van der Waals surface area contributed by atoms with Crippen LogP contribution < -0.4 is 10.6 Å². The van der Waals surface area contributed by atoms with Gasteiger partial charge >= 0.3 is 0 Å². The molecule has 22 heavy (non-hydrogen) atoms. The molecule has 2 rings (SSSR count). The van der Waals surface area contributed by atoms with E-state index in [1.807, 2.05) is 24.3 Å². The molecule has 0 saturated heterocycles. The molecule has 0 fully saturated rings. The quantitative estimate of drug-likeness (QED) is 0.709. The topological polar surface area (TPSA) is 58.2 Å². The molecule has 0 bridgehead atoms. The monoisotopic (exact) mass is 384 g/mol. The average Bonchev–Trinajstić information content (AvgIpc) is 2.54. The lowest BCUT2D eigenvalue weighted by Gasteiger charge is -2.14. The molecule has 1 aromatic carbocycles. The van der Waals surface area contributed by atoms with Crippen molar-refractivity contribution in [3.8, 4) is 0 Å². The third-order valence-electron chi connectivity index (χ3n) is 3.48. The van der Waals surface area contributed by atoms with Crippen LogP contribution in [0.3, 0.4) is 0 Å². The van der Waals surface area contributed by atoms with Gasteiger partial charge in [0.15, 0.2) is 0 Å². The molecule has 0 spiro atoms. The molecule has 1 atom stereocenters. The van der Waals surface area contributed by atoms with Crippen molar-refractivity contribution >= 4 is 32.6 Å². The largest absolute Gasteiger partial charge is 0.352 e. The molecule has 1 aliphatic heterocycles. The smallest absolute Gasteiger partial charge is 0.220 e. The van der Waals surface area contributed by atoms with Gasteiger partial charge in [-0.1, -0.05) is 27.6 Å². The van der Waals surface area contributed by atoms with E-state index in [4.69, 9.17) is 0 Å². The van der Waals surface area contributed by atoms with Crippen LogP contribution in [0.4, 0.5) is 0 Å². The van der Waals surface area contributed by atoms with Crippen molar-refractivity contribution in [3.05, 3.63) is 40.4 Å². The number of hydrogen-bond donors (Lipinski definition) is 2. The molecule has 1 aliphatic rings. The first-order valence-electron chi connectivity index (χ1n) is 7.44. The van der Waals surface area contributed by atoms with Crippen LogP contribution in [-0.4, -0.2) is 35.5 Å². The number of halogens is 1. The van der Waals surface area contributed by atoms with Crippen molar-refractivity contribution in [1.82, 2.24) is 10.6 Å². The summed E-state index contributed by atoms with van der Waals surface area (Å²) in [5.74, 6) is 0.550. The molecule has 4 nitrogen and oxygen atoms in total. The summed E-state index contributed by atoms with van der Waals surface area (Å²) in [6.45, 7) is 2.50. The van der Waals surface area contributed by atoms with Crippen molar-refractivity contribution in [1.29, 1.82) is 0 Å². The van der Waals surface area contributed by atoms with Crippen LogP contribution in [0.1, 0.15) is 19.3 Å². The number of benzene rings is 1. The average molecular weight is 385 g/mol. The standard InChI is InChI=1S/C16H21BrN2O2S/c17-14-3-5-15(6-4-14)22(21)11-1-2-16(20)19-12-13-7-9-18-10-8-13/h3-7,18H,1-2,8-12H2,(H,19,20). The van der Waals surface area contributed by atoms with Crippen molar-refractivity contribution in [2.45, 2.75) is 24.2 Å². The Morgan fingerprint density at radius 3 is 2.77 bits per heavy atom. The van der Waals surface area contributed by atoms with E-state index >= 15 is 0 Å². The van der Waals surface area contributed by atoms with Gasteiger partial charge in [0.1, 0.15) is 0 Å². The summed E-state index contributed by atoms with van der Waals surface area (Å²) >= 11 is 3.36. The first-order chi connectivity index (χ1) is 10.6. The van der Waals surface area contributed by atoms with Gasteiger partial charge in [-0.25, -0.2) is 0 Å². The van der Waals surface area contributed by atoms with Gasteiger partial charge in [0.2, 0.25) is 5.91 Å². The van der Waals surface area contributed by atoms with Gasteiger partial charge in [-0.2, -0.15) is 0 Å². The Morgan fingerprint density at radius 2 is 2.09 bits per heavy atom. The zero-order valence-corrected chi connectivity index (χ0v) is 14.8. The van der Waals surface area contributed by atoms with Crippen LogP contribution >= 0.6 is 15.9 Å². The van der Waals surface area contributed by atoms with Gasteiger partial charge in [0.05, 0.1) is 10.8 Å². The Kier molecular flexibility index (Phi) is 7.29. The molecule has 1 heterocycles. The van der Waals surface area contributed by atoms with Crippen molar-refractivity contribution in [3.63, 3.8) is 0 Å². The van der Waals surface area contributed by atoms with Crippen LogP contribution in [0.2, 0.25) is 0 Å². The summed E-state index contributed by atoms with van der Waals surface area (Å²) in [7, 11) is -1.04. The zero-order valence-electron chi connectivity index (χ0n) is 12.4. The first-order valence-corrected chi connectivity index (χ1v) is 9.55. The van der Waals surface area contributed by atoms with Gasteiger partial charge in [-0.3, -0.25) is 9.00 Å². The Hall–Kier alpha value is -0.980. The van der Waals surface area contributed by atoms with Gasteiger partial charge in [0.25, 0.3) is 0 Å². The van der Waals surface area contributed by atoms with Gasteiger partial charge < -0.3 is 10.6 Å². The summed E-state index contributed by atoms with van der Waals surface area (Å²) in [6, 6.07) is 7.47. The molecule has 0 aromatic heterocycles. The maximum absolute atomic E-state index is 12.1. The predicted octanol–water partition coefficient (Wildman–Crippen LogP) is 2.37. The lowest BCUT2D eigenvalue weighted by molar-refractivity contribution is -0.120. The molecule has 1 unspecified atom stereocenters. The van der Waals surface area contributed by atoms with E-state index in [9.17, 15) is 9.00 Å².